The smallest absolute Gasteiger partial charge is 0.226 e. The van der Waals surface area contributed by atoms with E-state index in [0.717, 1.165) is 22.6 Å². The van der Waals surface area contributed by atoms with Crippen molar-refractivity contribution in [2.75, 3.05) is 13.3 Å². The van der Waals surface area contributed by atoms with Crippen LogP contribution in [0.15, 0.2) is 53.4 Å². The maximum atomic E-state index is 12.6. The molecule has 1 aliphatic carbocycles. The Morgan fingerprint density at radius 2 is 1.91 bits per heavy atom. The van der Waals surface area contributed by atoms with E-state index in [1.807, 2.05) is 36.2 Å². The Bertz CT molecular complexity index is 701. The lowest BCUT2D eigenvalue weighted by Crippen LogP contribution is -2.28. The summed E-state index contributed by atoms with van der Waals surface area (Å²) in [5.41, 5.74) is 2.26. The molecule has 2 atom stereocenters. The van der Waals surface area contributed by atoms with Gasteiger partial charge in [0.2, 0.25) is 5.91 Å². The summed E-state index contributed by atoms with van der Waals surface area (Å²) in [5.74, 6) is 0.562. The zero-order valence-corrected chi connectivity index (χ0v) is 14.9. The Hall–Kier alpha value is -1.45. The molecule has 1 aliphatic rings. The molecule has 0 radical (unpaired) electrons. The zero-order valence-electron chi connectivity index (χ0n) is 13.3. The largest absolute Gasteiger partial charge is 0.341 e. The highest BCUT2D eigenvalue weighted by molar-refractivity contribution is 7.98. The van der Waals surface area contributed by atoms with E-state index in [-0.39, 0.29) is 17.7 Å². The lowest BCUT2D eigenvalue weighted by molar-refractivity contribution is -0.131. The molecule has 2 nitrogen and oxygen atoms in total. The van der Waals surface area contributed by atoms with Crippen molar-refractivity contribution in [1.29, 1.82) is 0 Å². The van der Waals surface area contributed by atoms with E-state index in [0.29, 0.717) is 6.54 Å². The summed E-state index contributed by atoms with van der Waals surface area (Å²) in [6.07, 6.45) is 2.96. The molecule has 0 bridgehead atoms. The van der Waals surface area contributed by atoms with E-state index in [2.05, 4.69) is 30.5 Å². The fourth-order valence-corrected chi connectivity index (χ4v) is 3.64. The van der Waals surface area contributed by atoms with Gasteiger partial charge in [-0.15, -0.1) is 11.8 Å². The molecule has 0 aromatic heterocycles. The van der Waals surface area contributed by atoms with Crippen LogP contribution in [0.25, 0.3) is 0 Å². The summed E-state index contributed by atoms with van der Waals surface area (Å²) in [5, 5.41) is 0.767. The molecule has 23 heavy (non-hydrogen) atoms. The first-order valence-electron chi connectivity index (χ1n) is 7.72. The number of hydrogen-bond donors (Lipinski definition) is 0. The molecule has 0 aliphatic heterocycles. The van der Waals surface area contributed by atoms with E-state index in [1.54, 1.807) is 11.8 Å². The molecule has 120 valence electrons. The van der Waals surface area contributed by atoms with Gasteiger partial charge in [0.05, 0.1) is 0 Å². The van der Waals surface area contributed by atoms with E-state index in [4.69, 9.17) is 11.6 Å². The summed E-state index contributed by atoms with van der Waals surface area (Å²) in [4.78, 5) is 15.7. The Labute approximate surface area is 146 Å². The summed E-state index contributed by atoms with van der Waals surface area (Å²) >= 11 is 7.96. The number of hydrogen-bond acceptors (Lipinski definition) is 2. The lowest BCUT2D eigenvalue weighted by atomic mass is 10.1. The molecule has 0 saturated heterocycles. The molecule has 0 spiro atoms. The average Bonchev–Trinajstić information content (AvgIpc) is 3.35. The van der Waals surface area contributed by atoms with Crippen molar-refractivity contribution in [3.05, 3.63) is 64.7 Å². The SMILES string of the molecule is CSc1ccc(CN(C)C(=O)C2CC2c2ccccc2Cl)cc1. The van der Waals surface area contributed by atoms with Crippen LogP contribution in [0.2, 0.25) is 5.02 Å². The minimum absolute atomic E-state index is 0.0744. The van der Waals surface area contributed by atoms with E-state index in [1.165, 1.54) is 4.90 Å². The number of halogens is 1. The predicted molar refractivity (Wildman–Crippen MR) is 97.0 cm³/mol. The normalized spacial score (nSPS) is 19.4. The summed E-state index contributed by atoms with van der Waals surface area (Å²) in [6.45, 7) is 0.652. The van der Waals surface area contributed by atoms with Gasteiger partial charge >= 0.3 is 0 Å². The highest BCUT2D eigenvalue weighted by Gasteiger charge is 2.45. The standard InChI is InChI=1S/C19H20ClNOS/c1-21(12-13-7-9-14(23-2)10-8-13)19(22)17-11-16(17)15-5-3-4-6-18(15)20/h3-10,16-17H,11-12H2,1-2H3. The summed E-state index contributed by atoms with van der Waals surface area (Å²) in [6, 6.07) is 16.2. The molecule has 1 fully saturated rings. The first-order chi connectivity index (χ1) is 11.1. The number of nitrogens with zero attached hydrogens (tertiary/aromatic N) is 1. The van der Waals surface area contributed by atoms with Crippen molar-refractivity contribution >= 4 is 29.3 Å². The van der Waals surface area contributed by atoms with Gasteiger partial charge < -0.3 is 4.90 Å². The lowest BCUT2D eigenvalue weighted by Gasteiger charge is -2.18. The van der Waals surface area contributed by atoms with Crippen molar-refractivity contribution < 1.29 is 4.79 Å². The van der Waals surface area contributed by atoms with Crippen molar-refractivity contribution in [3.63, 3.8) is 0 Å². The van der Waals surface area contributed by atoms with Crippen LogP contribution in [0.5, 0.6) is 0 Å². The van der Waals surface area contributed by atoms with Gasteiger partial charge in [-0.3, -0.25) is 4.79 Å². The van der Waals surface area contributed by atoms with Gasteiger partial charge in [0.15, 0.2) is 0 Å². The van der Waals surface area contributed by atoms with Gasteiger partial charge in [0.25, 0.3) is 0 Å². The third-order valence-corrected chi connectivity index (χ3v) is 5.46. The molecule has 1 amide bonds. The first kappa shape index (κ1) is 16.4. The Balaban J connectivity index is 1.61. The van der Waals surface area contributed by atoms with Crippen molar-refractivity contribution in [3.8, 4) is 0 Å². The van der Waals surface area contributed by atoms with Gasteiger partial charge in [-0.25, -0.2) is 0 Å². The molecule has 2 aromatic carbocycles. The average molecular weight is 346 g/mol. The zero-order chi connectivity index (χ0) is 16.4. The summed E-state index contributed by atoms with van der Waals surface area (Å²) < 4.78 is 0. The van der Waals surface area contributed by atoms with Crippen molar-refractivity contribution in [2.45, 2.75) is 23.8 Å². The number of thioether (sulfide) groups is 1. The molecular formula is C19H20ClNOS. The van der Waals surface area contributed by atoms with Gasteiger partial charge in [0, 0.05) is 29.4 Å². The second-order valence-corrected chi connectivity index (χ2v) is 7.30. The molecule has 3 rings (SSSR count). The fraction of sp³-hybridized carbons (Fsp3) is 0.316. The highest BCUT2D eigenvalue weighted by atomic mass is 35.5. The van der Waals surface area contributed by atoms with Gasteiger partial charge in [-0.2, -0.15) is 0 Å². The third-order valence-electron chi connectivity index (χ3n) is 4.37. The van der Waals surface area contributed by atoms with Crippen molar-refractivity contribution in [2.24, 2.45) is 5.92 Å². The van der Waals surface area contributed by atoms with E-state index < -0.39 is 0 Å². The number of carbonyl (C=O) groups is 1. The first-order valence-corrected chi connectivity index (χ1v) is 9.32. The molecule has 1 saturated carbocycles. The van der Waals surface area contributed by atoms with Crippen LogP contribution in [0.4, 0.5) is 0 Å². The minimum Gasteiger partial charge on any atom is -0.341 e. The van der Waals surface area contributed by atoms with Crippen LogP contribution in [-0.4, -0.2) is 24.1 Å². The monoisotopic (exact) mass is 345 g/mol. The van der Waals surface area contributed by atoms with E-state index >= 15 is 0 Å². The molecular weight excluding hydrogens is 326 g/mol. The predicted octanol–water partition coefficient (Wildman–Crippen LogP) is 4.82. The van der Waals surface area contributed by atoms with Gasteiger partial charge in [-0.05, 0) is 47.9 Å². The number of rotatable bonds is 5. The van der Waals surface area contributed by atoms with Crippen LogP contribution >= 0.6 is 23.4 Å². The van der Waals surface area contributed by atoms with Crippen LogP contribution in [-0.2, 0) is 11.3 Å². The second-order valence-electron chi connectivity index (χ2n) is 6.01. The van der Waals surface area contributed by atoms with Crippen LogP contribution in [0, 0.1) is 5.92 Å². The number of benzene rings is 2. The number of amides is 1. The Kier molecular flexibility index (Phi) is 4.98. The van der Waals surface area contributed by atoms with Crippen LogP contribution in [0.3, 0.4) is 0 Å². The van der Waals surface area contributed by atoms with Gasteiger partial charge in [-0.1, -0.05) is 41.9 Å². The van der Waals surface area contributed by atoms with Crippen molar-refractivity contribution in [1.82, 2.24) is 4.90 Å². The maximum Gasteiger partial charge on any atom is 0.226 e. The quantitative estimate of drug-likeness (QED) is 0.724. The highest BCUT2D eigenvalue weighted by Crippen LogP contribution is 2.50. The fourth-order valence-electron chi connectivity index (χ4n) is 2.95. The van der Waals surface area contributed by atoms with Crippen LogP contribution in [0.1, 0.15) is 23.5 Å². The maximum absolute atomic E-state index is 12.6. The molecule has 2 aromatic rings. The Morgan fingerprint density at radius 3 is 2.57 bits per heavy atom. The van der Waals surface area contributed by atoms with E-state index in [9.17, 15) is 4.79 Å². The molecule has 0 N–H and O–H groups in total. The Morgan fingerprint density at radius 1 is 1.22 bits per heavy atom. The second kappa shape index (κ2) is 6.98. The third kappa shape index (κ3) is 3.73. The number of carbonyl (C=O) groups excluding carboxylic acids is 1. The van der Waals surface area contributed by atoms with Gasteiger partial charge in [0.1, 0.15) is 0 Å². The molecule has 0 heterocycles. The molecule has 4 heteroatoms. The molecule has 2 unspecified atom stereocenters. The minimum atomic E-state index is 0.0744. The summed E-state index contributed by atoms with van der Waals surface area (Å²) in [7, 11) is 1.88. The topological polar surface area (TPSA) is 20.3 Å². The van der Waals surface area contributed by atoms with Crippen LogP contribution < -0.4 is 0 Å².